The van der Waals surface area contributed by atoms with Crippen LogP contribution >= 0.6 is 0 Å². The van der Waals surface area contributed by atoms with Crippen molar-refractivity contribution < 1.29 is 19.7 Å². The molecule has 0 aliphatic heterocycles. The third-order valence-corrected chi connectivity index (χ3v) is 3.44. The average molecular weight is 288 g/mol. The molecular formula is C16H32O4. The molecule has 0 amide bonds. The molecule has 0 heterocycles. The first kappa shape index (κ1) is 19.4. The lowest BCUT2D eigenvalue weighted by atomic mass is 10.1. The predicted molar refractivity (Wildman–Crippen MR) is 80.5 cm³/mol. The fraction of sp³-hybridized carbons (Fsp3) is 0.938. The SMILES string of the molecule is CCCCCCCCCCCCC(=O)OC(CO)CO. The molecule has 0 aromatic rings. The van der Waals surface area contributed by atoms with E-state index in [1.165, 1.54) is 51.4 Å². The molecule has 0 radical (unpaired) electrons. The summed E-state index contributed by atoms with van der Waals surface area (Å²) in [6.45, 7) is 1.59. The van der Waals surface area contributed by atoms with Crippen molar-refractivity contribution in [2.75, 3.05) is 13.2 Å². The van der Waals surface area contributed by atoms with Gasteiger partial charge in [0.1, 0.15) is 6.10 Å². The molecule has 0 bridgehead atoms. The number of hydrogen-bond donors (Lipinski definition) is 2. The van der Waals surface area contributed by atoms with Gasteiger partial charge in [-0.05, 0) is 6.42 Å². The molecule has 0 saturated carbocycles. The van der Waals surface area contributed by atoms with Crippen LogP contribution in [-0.2, 0) is 9.53 Å². The topological polar surface area (TPSA) is 66.8 Å². The van der Waals surface area contributed by atoms with Gasteiger partial charge < -0.3 is 14.9 Å². The highest BCUT2D eigenvalue weighted by molar-refractivity contribution is 5.69. The van der Waals surface area contributed by atoms with E-state index in [0.29, 0.717) is 6.42 Å². The van der Waals surface area contributed by atoms with Crippen LogP contribution in [0, 0.1) is 0 Å². The number of esters is 1. The van der Waals surface area contributed by atoms with Gasteiger partial charge in [-0.2, -0.15) is 0 Å². The van der Waals surface area contributed by atoms with Gasteiger partial charge in [0.15, 0.2) is 0 Å². The van der Waals surface area contributed by atoms with E-state index >= 15 is 0 Å². The summed E-state index contributed by atoms with van der Waals surface area (Å²) >= 11 is 0. The number of aliphatic hydroxyl groups excluding tert-OH is 2. The Balaban J connectivity index is 3.25. The van der Waals surface area contributed by atoms with Gasteiger partial charge in [-0.1, -0.05) is 64.7 Å². The van der Waals surface area contributed by atoms with Crippen LogP contribution in [0.25, 0.3) is 0 Å². The Morgan fingerprint density at radius 2 is 1.30 bits per heavy atom. The molecule has 0 aliphatic carbocycles. The summed E-state index contributed by atoms with van der Waals surface area (Å²) in [4.78, 5) is 11.4. The minimum Gasteiger partial charge on any atom is -0.457 e. The number of carbonyl (C=O) groups excluding carboxylic acids is 1. The lowest BCUT2D eigenvalue weighted by Crippen LogP contribution is -2.25. The first-order valence-corrected chi connectivity index (χ1v) is 8.15. The van der Waals surface area contributed by atoms with Crippen molar-refractivity contribution in [1.82, 2.24) is 0 Å². The molecular weight excluding hydrogens is 256 g/mol. The second-order valence-electron chi connectivity index (χ2n) is 5.41. The first-order valence-electron chi connectivity index (χ1n) is 8.15. The highest BCUT2D eigenvalue weighted by Crippen LogP contribution is 2.11. The van der Waals surface area contributed by atoms with Crippen molar-refractivity contribution in [3.05, 3.63) is 0 Å². The van der Waals surface area contributed by atoms with Gasteiger partial charge in [0.25, 0.3) is 0 Å². The van der Waals surface area contributed by atoms with Crippen molar-refractivity contribution in [1.29, 1.82) is 0 Å². The monoisotopic (exact) mass is 288 g/mol. The molecule has 0 atom stereocenters. The maximum Gasteiger partial charge on any atom is 0.306 e. The van der Waals surface area contributed by atoms with E-state index in [9.17, 15) is 4.79 Å². The predicted octanol–water partition coefficient (Wildman–Crippen LogP) is 3.19. The van der Waals surface area contributed by atoms with Crippen molar-refractivity contribution in [2.24, 2.45) is 0 Å². The number of hydrogen-bond acceptors (Lipinski definition) is 4. The maximum atomic E-state index is 11.4. The standard InChI is InChI=1S/C16H32O4/c1-2-3-4-5-6-7-8-9-10-11-12-16(19)20-15(13-17)14-18/h15,17-18H,2-14H2,1H3. The fourth-order valence-corrected chi connectivity index (χ4v) is 2.13. The van der Waals surface area contributed by atoms with Gasteiger partial charge in [-0.25, -0.2) is 0 Å². The Morgan fingerprint density at radius 3 is 1.75 bits per heavy atom. The molecule has 0 aromatic carbocycles. The Labute approximate surface area is 123 Å². The zero-order valence-corrected chi connectivity index (χ0v) is 13.0. The van der Waals surface area contributed by atoms with Gasteiger partial charge in [-0.3, -0.25) is 4.79 Å². The van der Waals surface area contributed by atoms with Gasteiger partial charge in [0.2, 0.25) is 0 Å². The third-order valence-electron chi connectivity index (χ3n) is 3.44. The molecule has 20 heavy (non-hydrogen) atoms. The highest BCUT2D eigenvalue weighted by Gasteiger charge is 2.11. The van der Waals surface area contributed by atoms with Crippen LogP contribution in [0.15, 0.2) is 0 Å². The van der Waals surface area contributed by atoms with Crippen molar-refractivity contribution in [2.45, 2.75) is 83.7 Å². The molecule has 2 N–H and O–H groups in total. The molecule has 0 spiro atoms. The van der Waals surface area contributed by atoms with E-state index < -0.39 is 6.10 Å². The van der Waals surface area contributed by atoms with Gasteiger partial charge >= 0.3 is 5.97 Å². The number of ether oxygens (including phenoxy) is 1. The third kappa shape index (κ3) is 12.4. The summed E-state index contributed by atoms with van der Waals surface area (Å²) in [6.07, 6.45) is 11.9. The van der Waals surface area contributed by atoms with Crippen LogP contribution in [0.5, 0.6) is 0 Å². The van der Waals surface area contributed by atoms with E-state index in [-0.39, 0.29) is 19.2 Å². The average Bonchev–Trinajstić information content (AvgIpc) is 2.46. The zero-order chi connectivity index (χ0) is 15.1. The normalized spacial score (nSPS) is 11.0. The summed E-state index contributed by atoms with van der Waals surface area (Å²) in [6, 6.07) is 0. The Morgan fingerprint density at radius 1 is 0.850 bits per heavy atom. The van der Waals surface area contributed by atoms with Crippen LogP contribution < -0.4 is 0 Å². The van der Waals surface area contributed by atoms with Crippen LogP contribution in [-0.4, -0.2) is 35.5 Å². The smallest absolute Gasteiger partial charge is 0.306 e. The summed E-state index contributed by atoms with van der Waals surface area (Å²) < 4.78 is 4.89. The quantitative estimate of drug-likeness (QED) is 0.380. The van der Waals surface area contributed by atoms with Crippen LogP contribution in [0.4, 0.5) is 0 Å². The molecule has 0 aromatic heterocycles. The Hall–Kier alpha value is -0.610. The molecule has 0 rings (SSSR count). The van der Waals surface area contributed by atoms with Crippen LogP contribution in [0.1, 0.15) is 77.6 Å². The van der Waals surface area contributed by atoms with E-state index in [0.717, 1.165) is 12.8 Å². The summed E-state index contributed by atoms with van der Waals surface area (Å²) in [5, 5.41) is 17.6. The molecule has 4 nitrogen and oxygen atoms in total. The van der Waals surface area contributed by atoms with E-state index in [2.05, 4.69) is 6.92 Å². The Kier molecular flexibility index (Phi) is 14.3. The minimum absolute atomic E-state index is 0.319. The zero-order valence-electron chi connectivity index (χ0n) is 13.0. The van der Waals surface area contributed by atoms with E-state index in [1.54, 1.807) is 0 Å². The molecule has 0 unspecified atom stereocenters. The largest absolute Gasteiger partial charge is 0.457 e. The van der Waals surface area contributed by atoms with Crippen LogP contribution in [0.3, 0.4) is 0 Å². The molecule has 0 fully saturated rings. The number of aliphatic hydroxyl groups is 2. The van der Waals surface area contributed by atoms with Gasteiger partial charge in [0.05, 0.1) is 13.2 Å². The number of carbonyl (C=O) groups is 1. The Bertz CT molecular complexity index is 215. The van der Waals surface area contributed by atoms with Gasteiger partial charge in [-0.15, -0.1) is 0 Å². The number of unbranched alkanes of at least 4 members (excludes halogenated alkanes) is 9. The lowest BCUT2D eigenvalue weighted by molar-refractivity contribution is -0.153. The molecule has 4 heteroatoms. The maximum absolute atomic E-state index is 11.4. The van der Waals surface area contributed by atoms with E-state index in [1.807, 2.05) is 0 Å². The van der Waals surface area contributed by atoms with Crippen molar-refractivity contribution >= 4 is 5.97 Å². The van der Waals surface area contributed by atoms with Crippen molar-refractivity contribution in [3.63, 3.8) is 0 Å². The molecule has 0 aliphatic rings. The number of rotatable bonds is 14. The molecule has 0 saturated heterocycles. The highest BCUT2D eigenvalue weighted by atomic mass is 16.6. The minimum atomic E-state index is -0.759. The second-order valence-corrected chi connectivity index (χ2v) is 5.41. The van der Waals surface area contributed by atoms with E-state index in [4.69, 9.17) is 14.9 Å². The first-order chi connectivity index (χ1) is 9.74. The van der Waals surface area contributed by atoms with Gasteiger partial charge in [0, 0.05) is 6.42 Å². The van der Waals surface area contributed by atoms with Crippen LogP contribution in [0.2, 0.25) is 0 Å². The summed E-state index contributed by atoms with van der Waals surface area (Å²) in [7, 11) is 0. The van der Waals surface area contributed by atoms with Crippen molar-refractivity contribution in [3.8, 4) is 0 Å². The lowest BCUT2D eigenvalue weighted by Gasteiger charge is -2.12. The summed E-state index contributed by atoms with van der Waals surface area (Å²) in [5.74, 6) is -0.322. The molecule has 120 valence electrons. The summed E-state index contributed by atoms with van der Waals surface area (Å²) in [5.41, 5.74) is 0. The second kappa shape index (κ2) is 14.8. The fourth-order valence-electron chi connectivity index (χ4n) is 2.13.